The molecule has 0 aliphatic carbocycles. The van der Waals surface area contributed by atoms with Crippen molar-refractivity contribution < 1.29 is 4.79 Å². The molecular weight excluding hydrogens is 212 g/mol. The van der Waals surface area contributed by atoms with Gasteiger partial charge >= 0.3 is 0 Å². The molecule has 1 atom stereocenters. The topological polar surface area (TPSA) is 55.1 Å². The number of carbonyl (C=O) groups is 1. The van der Waals surface area contributed by atoms with Crippen molar-refractivity contribution in [3.8, 4) is 0 Å². The van der Waals surface area contributed by atoms with Crippen LogP contribution in [0.2, 0.25) is 0 Å². The summed E-state index contributed by atoms with van der Waals surface area (Å²) in [6.07, 6.45) is 4.09. The molecule has 1 aromatic carbocycles. The van der Waals surface area contributed by atoms with Gasteiger partial charge in [0.25, 0.3) is 0 Å². The van der Waals surface area contributed by atoms with Crippen molar-refractivity contribution in [1.82, 2.24) is 5.32 Å². The second kappa shape index (κ2) is 5.82. The third-order valence-corrected chi connectivity index (χ3v) is 3.38. The van der Waals surface area contributed by atoms with Crippen LogP contribution in [0.5, 0.6) is 0 Å². The molecule has 0 radical (unpaired) electrons. The molecule has 3 heteroatoms. The molecule has 2 rings (SSSR count). The molecule has 0 amide bonds. The molecule has 1 aliphatic heterocycles. The normalized spacial score (nSPS) is 20.8. The highest BCUT2D eigenvalue weighted by atomic mass is 16.1. The van der Waals surface area contributed by atoms with Crippen LogP contribution in [0, 0.1) is 5.92 Å². The van der Waals surface area contributed by atoms with Crippen LogP contribution in [0.3, 0.4) is 0 Å². The fourth-order valence-corrected chi connectivity index (χ4v) is 2.39. The molecule has 92 valence electrons. The first-order valence-electron chi connectivity index (χ1n) is 6.35. The lowest BCUT2D eigenvalue weighted by Crippen LogP contribution is -2.15. The Balaban J connectivity index is 1.96. The number of rotatable bonds is 3. The van der Waals surface area contributed by atoms with Gasteiger partial charge in [0, 0.05) is 17.7 Å². The van der Waals surface area contributed by atoms with Crippen molar-refractivity contribution in [1.29, 1.82) is 0 Å². The number of hydrogen-bond donors (Lipinski definition) is 2. The fraction of sp³-hybridized carbons (Fsp3) is 0.500. The fourth-order valence-electron chi connectivity index (χ4n) is 2.39. The molecular formula is C14H20N2O. The van der Waals surface area contributed by atoms with Gasteiger partial charge in [-0.1, -0.05) is 12.1 Å². The van der Waals surface area contributed by atoms with Crippen LogP contribution >= 0.6 is 0 Å². The minimum atomic E-state index is 0.226. The Morgan fingerprint density at radius 3 is 3.06 bits per heavy atom. The van der Waals surface area contributed by atoms with E-state index in [2.05, 4.69) is 5.32 Å². The summed E-state index contributed by atoms with van der Waals surface area (Å²) in [5, 5.41) is 3.37. The van der Waals surface area contributed by atoms with Crippen LogP contribution < -0.4 is 11.1 Å². The summed E-state index contributed by atoms with van der Waals surface area (Å²) in [6, 6.07) is 7.29. The highest BCUT2D eigenvalue weighted by Crippen LogP contribution is 2.20. The van der Waals surface area contributed by atoms with E-state index in [9.17, 15) is 4.79 Å². The van der Waals surface area contributed by atoms with E-state index in [1.54, 1.807) is 6.07 Å². The first-order chi connectivity index (χ1) is 8.25. The Labute approximate surface area is 102 Å². The number of nitrogens with two attached hydrogens (primary N) is 1. The van der Waals surface area contributed by atoms with Gasteiger partial charge in [0.05, 0.1) is 0 Å². The second-order valence-corrected chi connectivity index (χ2v) is 4.80. The summed E-state index contributed by atoms with van der Waals surface area (Å²) in [7, 11) is 0. The predicted octanol–water partition coefficient (Wildman–Crippen LogP) is 2.23. The van der Waals surface area contributed by atoms with E-state index in [0.717, 1.165) is 31.5 Å². The first-order valence-corrected chi connectivity index (χ1v) is 6.35. The Hall–Kier alpha value is -1.35. The van der Waals surface area contributed by atoms with E-state index >= 15 is 0 Å². The minimum absolute atomic E-state index is 0.226. The molecule has 1 aromatic rings. The Morgan fingerprint density at radius 2 is 2.24 bits per heavy atom. The Bertz CT molecular complexity index is 382. The third kappa shape index (κ3) is 3.56. The maximum absolute atomic E-state index is 12.1. The maximum Gasteiger partial charge on any atom is 0.163 e. The van der Waals surface area contributed by atoms with Gasteiger partial charge in [0.1, 0.15) is 0 Å². The largest absolute Gasteiger partial charge is 0.399 e. The summed E-state index contributed by atoms with van der Waals surface area (Å²) in [5.74, 6) is 0.753. The third-order valence-electron chi connectivity index (χ3n) is 3.38. The quantitative estimate of drug-likeness (QED) is 0.620. The van der Waals surface area contributed by atoms with E-state index in [1.165, 1.54) is 6.42 Å². The number of nitrogen functional groups attached to an aromatic ring is 1. The second-order valence-electron chi connectivity index (χ2n) is 4.80. The predicted molar refractivity (Wildman–Crippen MR) is 70.0 cm³/mol. The van der Waals surface area contributed by atoms with Gasteiger partial charge in [-0.25, -0.2) is 0 Å². The average Bonchev–Trinajstić information content (AvgIpc) is 2.57. The summed E-state index contributed by atoms with van der Waals surface area (Å²) < 4.78 is 0. The van der Waals surface area contributed by atoms with Crippen molar-refractivity contribution in [2.45, 2.75) is 25.7 Å². The van der Waals surface area contributed by atoms with Crippen molar-refractivity contribution in [2.75, 3.05) is 18.8 Å². The summed E-state index contributed by atoms with van der Waals surface area (Å²) >= 11 is 0. The van der Waals surface area contributed by atoms with E-state index < -0.39 is 0 Å². The standard InChI is InChI=1S/C14H20N2O/c15-13-5-1-4-12(10-13)14(17)9-11-3-2-7-16-8-6-11/h1,4-5,10-11,16H,2-3,6-9,15H2. The van der Waals surface area contributed by atoms with Crippen molar-refractivity contribution >= 4 is 11.5 Å². The molecule has 3 nitrogen and oxygen atoms in total. The zero-order chi connectivity index (χ0) is 12.1. The smallest absolute Gasteiger partial charge is 0.163 e. The zero-order valence-corrected chi connectivity index (χ0v) is 10.1. The first kappa shape index (κ1) is 12.1. The molecule has 1 heterocycles. The van der Waals surface area contributed by atoms with E-state index in [4.69, 9.17) is 5.73 Å². The zero-order valence-electron chi connectivity index (χ0n) is 10.1. The van der Waals surface area contributed by atoms with Gasteiger partial charge < -0.3 is 11.1 Å². The highest BCUT2D eigenvalue weighted by molar-refractivity contribution is 5.96. The monoisotopic (exact) mass is 232 g/mol. The van der Waals surface area contributed by atoms with Gasteiger partial charge in [-0.05, 0) is 50.4 Å². The highest BCUT2D eigenvalue weighted by Gasteiger charge is 2.16. The number of carbonyl (C=O) groups excluding carboxylic acids is 1. The number of ketones is 1. The number of benzene rings is 1. The molecule has 0 aromatic heterocycles. The molecule has 3 N–H and O–H groups in total. The molecule has 0 saturated carbocycles. The van der Waals surface area contributed by atoms with Gasteiger partial charge in [0.2, 0.25) is 0 Å². The minimum Gasteiger partial charge on any atom is -0.399 e. The lowest BCUT2D eigenvalue weighted by atomic mass is 9.92. The van der Waals surface area contributed by atoms with Gasteiger partial charge in [-0.15, -0.1) is 0 Å². The molecule has 17 heavy (non-hydrogen) atoms. The Morgan fingerprint density at radius 1 is 1.35 bits per heavy atom. The summed E-state index contributed by atoms with van der Waals surface area (Å²) in [4.78, 5) is 12.1. The molecule has 0 bridgehead atoms. The Kier molecular flexibility index (Phi) is 4.15. The lowest BCUT2D eigenvalue weighted by Gasteiger charge is -2.12. The molecule has 1 unspecified atom stereocenters. The average molecular weight is 232 g/mol. The molecule has 1 saturated heterocycles. The molecule has 1 fully saturated rings. The summed E-state index contributed by atoms with van der Waals surface area (Å²) in [6.45, 7) is 2.12. The lowest BCUT2D eigenvalue weighted by molar-refractivity contribution is 0.0958. The van der Waals surface area contributed by atoms with E-state index in [0.29, 0.717) is 18.0 Å². The molecule has 0 spiro atoms. The van der Waals surface area contributed by atoms with Crippen LogP contribution in [0.4, 0.5) is 5.69 Å². The van der Waals surface area contributed by atoms with Crippen LogP contribution in [-0.4, -0.2) is 18.9 Å². The van der Waals surface area contributed by atoms with Crippen LogP contribution in [0.15, 0.2) is 24.3 Å². The van der Waals surface area contributed by atoms with Crippen molar-refractivity contribution in [2.24, 2.45) is 5.92 Å². The number of anilines is 1. The van der Waals surface area contributed by atoms with Crippen LogP contribution in [0.25, 0.3) is 0 Å². The summed E-state index contributed by atoms with van der Waals surface area (Å²) in [5.41, 5.74) is 7.11. The molecule has 1 aliphatic rings. The van der Waals surface area contributed by atoms with Crippen molar-refractivity contribution in [3.05, 3.63) is 29.8 Å². The number of hydrogen-bond acceptors (Lipinski definition) is 3. The van der Waals surface area contributed by atoms with Crippen LogP contribution in [-0.2, 0) is 0 Å². The number of Topliss-reactive ketones (excluding diaryl/α,β-unsaturated/α-hetero) is 1. The van der Waals surface area contributed by atoms with Crippen molar-refractivity contribution in [3.63, 3.8) is 0 Å². The van der Waals surface area contributed by atoms with Gasteiger partial charge in [0.15, 0.2) is 5.78 Å². The maximum atomic E-state index is 12.1. The van der Waals surface area contributed by atoms with E-state index in [1.807, 2.05) is 18.2 Å². The van der Waals surface area contributed by atoms with Crippen LogP contribution in [0.1, 0.15) is 36.0 Å². The van der Waals surface area contributed by atoms with E-state index in [-0.39, 0.29) is 5.78 Å². The SMILES string of the molecule is Nc1cccc(C(=O)CC2CCCNCC2)c1. The number of nitrogens with one attached hydrogen (secondary N) is 1. The van der Waals surface area contributed by atoms with Gasteiger partial charge in [-0.2, -0.15) is 0 Å². The van der Waals surface area contributed by atoms with Gasteiger partial charge in [-0.3, -0.25) is 4.79 Å².